The number of para-hydroxylation sites is 1. The number of nitrogens with zero attached hydrogens (tertiary/aromatic N) is 2. The first-order valence-electron chi connectivity index (χ1n) is 9.94. The van der Waals surface area contributed by atoms with Gasteiger partial charge in [-0.3, -0.25) is 9.10 Å². The predicted molar refractivity (Wildman–Crippen MR) is 119 cm³/mol. The zero-order valence-electron chi connectivity index (χ0n) is 17.8. The van der Waals surface area contributed by atoms with Gasteiger partial charge in [-0.15, -0.1) is 0 Å². The van der Waals surface area contributed by atoms with Crippen molar-refractivity contribution in [1.82, 2.24) is 4.90 Å². The normalized spacial score (nSPS) is 11.1. The summed E-state index contributed by atoms with van der Waals surface area (Å²) in [6, 6.07) is 17.7. The van der Waals surface area contributed by atoms with Gasteiger partial charge in [0.25, 0.3) is 15.9 Å². The van der Waals surface area contributed by atoms with Gasteiger partial charge in [-0.05, 0) is 55.5 Å². The van der Waals surface area contributed by atoms with Gasteiger partial charge in [0.15, 0.2) is 6.61 Å². The third-order valence-corrected chi connectivity index (χ3v) is 6.65. The minimum atomic E-state index is -3.80. The summed E-state index contributed by atoms with van der Waals surface area (Å²) in [5.41, 5.74) is 0.698. The molecule has 3 rings (SSSR count). The van der Waals surface area contributed by atoms with Crippen molar-refractivity contribution >= 4 is 27.6 Å². The first kappa shape index (κ1) is 23.1. The second kappa shape index (κ2) is 10.1. The number of furan rings is 1. The minimum Gasteiger partial charge on any atom is -0.467 e. The molecule has 1 heterocycles. The lowest BCUT2D eigenvalue weighted by atomic mass is 10.2. The number of amides is 1. The van der Waals surface area contributed by atoms with E-state index in [0.29, 0.717) is 11.4 Å². The van der Waals surface area contributed by atoms with Gasteiger partial charge in [0.2, 0.25) is 0 Å². The van der Waals surface area contributed by atoms with Gasteiger partial charge in [-0.25, -0.2) is 13.2 Å². The fourth-order valence-electron chi connectivity index (χ4n) is 3.02. The number of anilines is 1. The number of hydrogen-bond acceptors (Lipinski definition) is 6. The number of carbonyl (C=O) groups excluding carboxylic acids is 2. The van der Waals surface area contributed by atoms with E-state index < -0.39 is 28.5 Å². The van der Waals surface area contributed by atoms with E-state index in [2.05, 4.69) is 0 Å². The molecular weight excluding hydrogens is 432 g/mol. The average Bonchev–Trinajstić information content (AvgIpc) is 3.31. The molecule has 0 unspecified atom stereocenters. The van der Waals surface area contributed by atoms with Crippen molar-refractivity contribution in [2.24, 2.45) is 0 Å². The molecule has 0 N–H and O–H groups in total. The second-order valence-electron chi connectivity index (χ2n) is 6.94. The Kier molecular flexibility index (Phi) is 7.32. The van der Waals surface area contributed by atoms with Gasteiger partial charge in [0.1, 0.15) is 5.76 Å². The summed E-state index contributed by atoms with van der Waals surface area (Å²) < 4.78 is 37.6. The van der Waals surface area contributed by atoms with Gasteiger partial charge in [0.05, 0.1) is 29.0 Å². The quantitative estimate of drug-likeness (QED) is 0.458. The lowest BCUT2D eigenvalue weighted by Crippen LogP contribution is -2.31. The van der Waals surface area contributed by atoms with Crippen molar-refractivity contribution < 1.29 is 27.2 Å². The molecular formula is C23H24N2O6S. The Balaban J connectivity index is 1.63. The van der Waals surface area contributed by atoms with Crippen LogP contribution in [0.5, 0.6) is 0 Å². The highest BCUT2D eigenvalue weighted by molar-refractivity contribution is 7.92. The van der Waals surface area contributed by atoms with Crippen LogP contribution in [-0.2, 0) is 26.1 Å². The molecule has 0 radical (unpaired) electrons. The zero-order chi connectivity index (χ0) is 23.1. The molecule has 3 aromatic rings. The molecule has 0 atom stereocenters. The zero-order valence-corrected chi connectivity index (χ0v) is 18.6. The summed E-state index contributed by atoms with van der Waals surface area (Å²) in [7, 11) is -2.22. The summed E-state index contributed by atoms with van der Waals surface area (Å²) in [6.45, 7) is 1.82. The summed E-state index contributed by atoms with van der Waals surface area (Å²) >= 11 is 0. The Morgan fingerprint density at radius 3 is 2.25 bits per heavy atom. The van der Waals surface area contributed by atoms with Gasteiger partial charge in [0, 0.05) is 13.6 Å². The number of hydrogen-bond donors (Lipinski definition) is 0. The lowest BCUT2D eigenvalue weighted by molar-refractivity contribution is -0.133. The van der Waals surface area contributed by atoms with Crippen LogP contribution in [0.1, 0.15) is 23.0 Å². The molecule has 1 amide bonds. The monoisotopic (exact) mass is 456 g/mol. The van der Waals surface area contributed by atoms with E-state index in [1.165, 1.54) is 39.7 Å². The van der Waals surface area contributed by atoms with Gasteiger partial charge >= 0.3 is 5.97 Å². The lowest BCUT2D eigenvalue weighted by Gasteiger charge is -2.23. The third-order valence-electron chi connectivity index (χ3n) is 4.74. The van der Waals surface area contributed by atoms with Crippen molar-refractivity contribution in [2.75, 3.05) is 24.5 Å². The second-order valence-corrected chi connectivity index (χ2v) is 8.80. The smallest absolute Gasteiger partial charge is 0.338 e. The Morgan fingerprint density at radius 2 is 1.66 bits per heavy atom. The van der Waals surface area contributed by atoms with Crippen molar-refractivity contribution in [2.45, 2.75) is 18.4 Å². The van der Waals surface area contributed by atoms with Crippen molar-refractivity contribution in [3.05, 3.63) is 84.3 Å². The van der Waals surface area contributed by atoms with E-state index in [1.807, 2.05) is 6.07 Å². The summed E-state index contributed by atoms with van der Waals surface area (Å²) in [4.78, 5) is 25.9. The molecule has 0 fully saturated rings. The SMILES string of the molecule is CCN(c1ccccc1)S(=O)(=O)c1ccc(C(=O)OCC(=O)N(C)Cc2ccco2)cc1. The predicted octanol–water partition coefficient (Wildman–Crippen LogP) is 3.31. The maximum atomic E-state index is 13.0. The highest BCUT2D eigenvalue weighted by Gasteiger charge is 2.24. The van der Waals surface area contributed by atoms with Crippen LogP contribution in [-0.4, -0.2) is 45.4 Å². The molecule has 0 saturated carbocycles. The molecule has 0 aliphatic heterocycles. The van der Waals surface area contributed by atoms with E-state index in [0.717, 1.165) is 0 Å². The molecule has 0 bridgehead atoms. The number of carbonyl (C=O) groups is 2. The molecule has 1 aromatic heterocycles. The number of likely N-dealkylation sites (N-methyl/N-ethyl adjacent to an activating group) is 1. The van der Waals surface area contributed by atoms with Crippen LogP contribution in [0.4, 0.5) is 5.69 Å². The molecule has 8 nitrogen and oxygen atoms in total. The van der Waals surface area contributed by atoms with Crippen LogP contribution in [0, 0.1) is 0 Å². The first-order chi connectivity index (χ1) is 15.3. The van der Waals surface area contributed by atoms with Crippen molar-refractivity contribution in [3.63, 3.8) is 0 Å². The minimum absolute atomic E-state index is 0.0500. The Labute approximate surface area is 187 Å². The Morgan fingerprint density at radius 1 is 0.969 bits per heavy atom. The Bertz CT molecular complexity index is 1140. The topological polar surface area (TPSA) is 97.1 Å². The fourth-order valence-corrected chi connectivity index (χ4v) is 4.49. The van der Waals surface area contributed by atoms with Crippen LogP contribution in [0.15, 0.2) is 82.3 Å². The number of rotatable bonds is 9. The number of esters is 1. The van der Waals surface area contributed by atoms with E-state index in [-0.39, 0.29) is 23.5 Å². The highest BCUT2D eigenvalue weighted by atomic mass is 32.2. The summed E-state index contributed by atoms with van der Waals surface area (Å²) in [5, 5.41) is 0. The van der Waals surface area contributed by atoms with Crippen LogP contribution >= 0.6 is 0 Å². The van der Waals surface area contributed by atoms with Gasteiger partial charge < -0.3 is 14.1 Å². The molecule has 0 saturated heterocycles. The molecule has 32 heavy (non-hydrogen) atoms. The largest absolute Gasteiger partial charge is 0.467 e. The van der Waals surface area contributed by atoms with Gasteiger partial charge in [-0.1, -0.05) is 18.2 Å². The molecule has 2 aromatic carbocycles. The van der Waals surface area contributed by atoms with Crippen LogP contribution in [0.3, 0.4) is 0 Å². The number of benzene rings is 2. The third kappa shape index (κ3) is 5.36. The molecule has 168 valence electrons. The number of ether oxygens (including phenoxy) is 1. The van der Waals surface area contributed by atoms with E-state index in [4.69, 9.17) is 9.15 Å². The van der Waals surface area contributed by atoms with Crippen LogP contribution in [0.25, 0.3) is 0 Å². The maximum Gasteiger partial charge on any atom is 0.338 e. The van der Waals surface area contributed by atoms with Crippen molar-refractivity contribution in [1.29, 1.82) is 0 Å². The number of sulfonamides is 1. The van der Waals surface area contributed by atoms with E-state index >= 15 is 0 Å². The molecule has 9 heteroatoms. The summed E-state index contributed by atoms with van der Waals surface area (Å²) in [6.07, 6.45) is 1.51. The van der Waals surface area contributed by atoms with Gasteiger partial charge in [-0.2, -0.15) is 0 Å². The molecule has 0 aliphatic rings. The van der Waals surface area contributed by atoms with E-state index in [1.54, 1.807) is 50.4 Å². The van der Waals surface area contributed by atoms with Crippen molar-refractivity contribution in [3.8, 4) is 0 Å². The standard InChI is InChI=1S/C23H24N2O6S/c1-3-25(19-8-5-4-6-9-19)32(28,29)21-13-11-18(12-14-21)23(27)31-17-22(26)24(2)16-20-10-7-15-30-20/h4-15H,3,16-17H2,1-2H3. The fraction of sp³-hybridized carbons (Fsp3) is 0.217. The van der Waals surface area contributed by atoms with E-state index in [9.17, 15) is 18.0 Å². The van der Waals surface area contributed by atoms with Crippen LogP contribution in [0.2, 0.25) is 0 Å². The highest BCUT2D eigenvalue weighted by Crippen LogP contribution is 2.23. The maximum absolute atomic E-state index is 13.0. The molecule has 0 spiro atoms. The summed E-state index contributed by atoms with van der Waals surface area (Å²) in [5.74, 6) is -0.500. The Hall–Kier alpha value is -3.59. The average molecular weight is 457 g/mol. The first-order valence-corrected chi connectivity index (χ1v) is 11.4. The molecule has 0 aliphatic carbocycles. The van der Waals surface area contributed by atoms with Crippen LogP contribution < -0.4 is 4.31 Å².